The van der Waals surface area contributed by atoms with E-state index in [1.54, 1.807) is 14.0 Å². The van der Waals surface area contributed by atoms with Gasteiger partial charge in [-0.1, -0.05) is 45.4 Å². The van der Waals surface area contributed by atoms with Gasteiger partial charge in [0.2, 0.25) is 11.7 Å². The van der Waals surface area contributed by atoms with Crippen molar-refractivity contribution >= 4 is 21.8 Å². The summed E-state index contributed by atoms with van der Waals surface area (Å²) in [7, 11) is 1.69. The summed E-state index contributed by atoms with van der Waals surface area (Å²) in [5.74, 6) is 1.40. The van der Waals surface area contributed by atoms with Crippen molar-refractivity contribution in [1.29, 1.82) is 0 Å². The first-order chi connectivity index (χ1) is 13.3. The van der Waals surface area contributed by atoms with E-state index in [1.807, 2.05) is 56.3 Å². The normalized spacial score (nSPS) is 11.9. The molecule has 1 aromatic heterocycles. The minimum atomic E-state index is -0.627. The molecule has 0 saturated carbocycles. The lowest BCUT2D eigenvalue weighted by Crippen LogP contribution is -2.37. The smallest absolute Gasteiger partial charge is 0.263 e. The summed E-state index contributed by atoms with van der Waals surface area (Å²) >= 11 is 3.43. The monoisotopic (exact) mass is 443 g/mol. The summed E-state index contributed by atoms with van der Waals surface area (Å²) in [4.78, 5) is 18.6. The molecule has 3 aromatic rings. The van der Waals surface area contributed by atoms with Crippen LogP contribution >= 0.6 is 15.9 Å². The van der Waals surface area contributed by atoms with Crippen LogP contribution in [0.2, 0.25) is 0 Å². The van der Waals surface area contributed by atoms with E-state index in [4.69, 9.17) is 9.26 Å². The minimum Gasteiger partial charge on any atom is -0.481 e. The van der Waals surface area contributed by atoms with Gasteiger partial charge >= 0.3 is 0 Å². The zero-order valence-electron chi connectivity index (χ0n) is 16.3. The number of hydrogen-bond donors (Lipinski definition) is 0. The van der Waals surface area contributed by atoms with Crippen LogP contribution in [-0.2, 0) is 11.3 Å². The standard InChI is InChI=1S/C21H22BrN3O3/c1-13-8-9-14(2)18(10-13)27-15(3)21(26)25(4)12-19-23-20(24-28-19)16-6-5-7-17(22)11-16/h5-11,15H,12H2,1-4H3/t15-/m0/s1. The molecule has 146 valence electrons. The van der Waals surface area contributed by atoms with Crippen molar-refractivity contribution in [1.82, 2.24) is 15.0 Å². The number of hydrogen-bond acceptors (Lipinski definition) is 5. The molecule has 0 bridgehead atoms. The highest BCUT2D eigenvalue weighted by Crippen LogP contribution is 2.22. The maximum absolute atomic E-state index is 12.7. The molecular formula is C21H22BrN3O3. The Morgan fingerprint density at radius 2 is 2.04 bits per heavy atom. The largest absolute Gasteiger partial charge is 0.481 e. The van der Waals surface area contributed by atoms with Crippen LogP contribution in [0.3, 0.4) is 0 Å². The maximum atomic E-state index is 12.7. The third-order valence-electron chi connectivity index (χ3n) is 4.29. The van der Waals surface area contributed by atoms with Crippen LogP contribution in [0.1, 0.15) is 23.9 Å². The average molecular weight is 444 g/mol. The molecule has 2 aromatic carbocycles. The second-order valence-electron chi connectivity index (χ2n) is 6.75. The highest BCUT2D eigenvalue weighted by molar-refractivity contribution is 9.10. The van der Waals surface area contributed by atoms with Gasteiger partial charge in [-0.05, 0) is 50.1 Å². The molecule has 0 aliphatic rings. The molecule has 0 aliphatic heterocycles. The second-order valence-corrected chi connectivity index (χ2v) is 7.66. The first-order valence-corrected chi connectivity index (χ1v) is 9.70. The Hall–Kier alpha value is -2.67. The molecule has 0 N–H and O–H groups in total. The molecule has 0 spiro atoms. The second kappa shape index (κ2) is 8.56. The van der Waals surface area contributed by atoms with Crippen molar-refractivity contribution < 1.29 is 14.1 Å². The van der Waals surface area contributed by atoms with Gasteiger partial charge in [-0.15, -0.1) is 0 Å². The van der Waals surface area contributed by atoms with Crippen LogP contribution in [0.25, 0.3) is 11.4 Å². The third-order valence-corrected chi connectivity index (χ3v) is 4.79. The zero-order valence-corrected chi connectivity index (χ0v) is 17.9. The Bertz CT molecular complexity index is 987. The summed E-state index contributed by atoms with van der Waals surface area (Å²) in [5.41, 5.74) is 2.91. The number of nitrogens with zero attached hydrogens (tertiary/aromatic N) is 3. The predicted molar refractivity (Wildman–Crippen MR) is 110 cm³/mol. The molecule has 0 aliphatic carbocycles. The SMILES string of the molecule is Cc1ccc(C)c(O[C@@H](C)C(=O)N(C)Cc2nc(-c3cccc(Br)c3)no2)c1. The Balaban J connectivity index is 1.65. The van der Waals surface area contributed by atoms with Crippen molar-refractivity contribution in [3.8, 4) is 17.1 Å². The van der Waals surface area contributed by atoms with Crippen molar-refractivity contribution in [2.24, 2.45) is 0 Å². The fourth-order valence-electron chi connectivity index (χ4n) is 2.73. The van der Waals surface area contributed by atoms with E-state index in [0.717, 1.165) is 21.2 Å². The molecule has 1 heterocycles. The molecule has 0 saturated heterocycles. The van der Waals surface area contributed by atoms with E-state index in [-0.39, 0.29) is 12.5 Å². The summed E-state index contributed by atoms with van der Waals surface area (Å²) < 4.78 is 12.1. The number of halogens is 1. The minimum absolute atomic E-state index is 0.164. The molecule has 0 fully saturated rings. The molecule has 6 nitrogen and oxygen atoms in total. The topological polar surface area (TPSA) is 68.5 Å². The molecule has 3 rings (SSSR count). The Morgan fingerprint density at radius 1 is 1.25 bits per heavy atom. The fraction of sp³-hybridized carbons (Fsp3) is 0.286. The Kier molecular flexibility index (Phi) is 6.14. The Morgan fingerprint density at radius 3 is 2.79 bits per heavy atom. The highest BCUT2D eigenvalue weighted by atomic mass is 79.9. The van der Waals surface area contributed by atoms with Crippen LogP contribution in [0, 0.1) is 13.8 Å². The van der Waals surface area contributed by atoms with Crippen LogP contribution in [-0.4, -0.2) is 34.1 Å². The van der Waals surface area contributed by atoms with Gasteiger partial charge < -0.3 is 14.2 Å². The van der Waals surface area contributed by atoms with Crippen LogP contribution < -0.4 is 4.74 Å². The van der Waals surface area contributed by atoms with E-state index in [2.05, 4.69) is 26.1 Å². The first-order valence-electron chi connectivity index (χ1n) is 8.91. The molecule has 1 amide bonds. The van der Waals surface area contributed by atoms with Crippen molar-refractivity contribution in [3.05, 3.63) is 64.0 Å². The average Bonchev–Trinajstić information content (AvgIpc) is 3.12. The van der Waals surface area contributed by atoms with Crippen molar-refractivity contribution in [3.63, 3.8) is 0 Å². The number of amides is 1. The van der Waals surface area contributed by atoms with Crippen molar-refractivity contribution in [2.45, 2.75) is 33.4 Å². The quantitative estimate of drug-likeness (QED) is 0.559. The molecule has 7 heteroatoms. The van der Waals surface area contributed by atoms with Gasteiger partial charge in [0, 0.05) is 17.1 Å². The maximum Gasteiger partial charge on any atom is 0.263 e. The van der Waals surface area contributed by atoms with Gasteiger partial charge in [0.05, 0.1) is 6.54 Å². The number of rotatable bonds is 6. The molecule has 1 atom stereocenters. The predicted octanol–water partition coefficient (Wildman–Crippen LogP) is 4.54. The zero-order chi connectivity index (χ0) is 20.3. The molecular weight excluding hydrogens is 422 g/mol. The summed E-state index contributed by atoms with van der Waals surface area (Å²) in [6.07, 6.45) is -0.627. The van der Waals surface area contributed by atoms with Gasteiger partial charge in [0.15, 0.2) is 6.10 Å². The van der Waals surface area contributed by atoms with Gasteiger partial charge in [0.25, 0.3) is 5.91 Å². The van der Waals surface area contributed by atoms with E-state index in [0.29, 0.717) is 17.5 Å². The summed E-state index contributed by atoms with van der Waals surface area (Å²) in [5, 5.41) is 4.00. The molecule has 28 heavy (non-hydrogen) atoms. The van der Waals surface area contributed by atoms with E-state index in [1.165, 1.54) is 4.90 Å². The number of carbonyl (C=O) groups is 1. The van der Waals surface area contributed by atoms with Crippen molar-refractivity contribution in [2.75, 3.05) is 7.05 Å². The lowest BCUT2D eigenvalue weighted by molar-refractivity contribution is -0.137. The van der Waals surface area contributed by atoms with Gasteiger partial charge in [0.1, 0.15) is 5.75 Å². The number of aromatic nitrogens is 2. The van der Waals surface area contributed by atoms with E-state index >= 15 is 0 Å². The summed E-state index contributed by atoms with van der Waals surface area (Å²) in [6, 6.07) is 13.6. The molecule has 0 unspecified atom stereocenters. The van der Waals surface area contributed by atoms with Gasteiger partial charge in [-0.25, -0.2) is 0 Å². The van der Waals surface area contributed by atoms with Crippen LogP contribution in [0.5, 0.6) is 5.75 Å². The number of aryl methyl sites for hydroxylation is 2. The summed E-state index contributed by atoms with van der Waals surface area (Å²) in [6.45, 7) is 5.89. The van der Waals surface area contributed by atoms with Gasteiger partial charge in [-0.2, -0.15) is 4.98 Å². The first kappa shape index (κ1) is 20.1. The number of carbonyl (C=O) groups excluding carboxylic acids is 1. The molecule has 0 radical (unpaired) electrons. The third kappa shape index (κ3) is 4.78. The Labute approximate surface area is 172 Å². The van der Waals surface area contributed by atoms with E-state index < -0.39 is 6.10 Å². The lowest BCUT2D eigenvalue weighted by Gasteiger charge is -2.21. The fourth-order valence-corrected chi connectivity index (χ4v) is 3.13. The lowest BCUT2D eigenvalue weighted by atomic mass is 10.1. The van der Waals surface area contributed by atoms with Crippen LogP contribution in [0.4, 0.5) is 0 Å². The number of benzene rings is 2. The number of ether oxygens (including phenoxy) is 1. The number of likely N-dealkylation sites (N-methyl/N-ethyl adjacent to an activating group) is 1. The van der Waals surface area contributed by atoms with Gasteiger partial charge in [-0.3, -0.25) is 4.79 Å². The van der Waals surface area contributed by atoms with Crippen LogP contribution in [0.15, 0.2) is 51.5 Å². The highest BCUT2D eigenvalue weighted by Gasteiger charge is 2.22. The van der Waals surface area contributed by atoms with E-state index in [9.17, 15) is 4.79 Å².